The van der Waals surface area contributed by atoms with Gasteiger partial charge in [-0.25, -0.2) is 14.7 Å². The molecule has 148 valence electrons. The Hall–Kier alpha value is -3.44. The monoisotopic (exact) mass is 414 g/mol. The van der Waals surface area contributed by atoms with Crippen LogP contribution in [0.25, 0.3) is 10.9 Å². The number of fused-ring (bicyclic) bond motifs is 2. The van der Waals surface area contributed by atoms with Crippen molar-refractivity contribution >= 4 is 40.0 Å². The predicted octanol–water partition coefficient (Wildman–Crippen LogP) is 6.12. The molecule has 0 spiro atoms. The van der Waals surface area contributed by atoms with Crippen LogP contribution in [0.5, 0.6) is 0 Å². The molecule has 3 heterocycles. The number of hydrogen-bond donors (Lipinski definition) is 0. The highest BCUT2D eigenvalue weighted by Gasteiger charge is 2.35. The van der Waals surface area contributed by atoms with Crippen molar-refractivity contribution in [2.75, 3.05) is 4.90 Å². The van der Waals surface area contributed by atoms with E-state index in [0.29, 0.717) is 23.1 Å². The summed E-state index contributed by atoms with van der Waals surface area (Å²) in [6.07, 6.45) is 1.70. The molecule has 6 heteroatoms. The first kappa shape index (κ1) is 18.6. The molecule has 2 amide bonds. The van der Waals surface area contributed by atoms with E-state index in [-0.39, 0.29) is 12.1 Å². The standard InChI is InChI=1S/C24H19ClN4O/c1-16(21-12-11-17-6-2-3-10-22(17)27-21)28-15-18-7-5-13-26-23(18)29(24(28)30)20-9-4-8-19(25)14-20/h2-14,16H,15H2,1H3. The number of anilines is 2. The van der Waals surface area contributed by atoms with E-state index in [9.17, 15) is 4.79 Å². The van der Waals surface area contributed by atoms with Gasteiger partial charge < -0.3 is 4.90 Å². The zero-order valence-electron chi connectivity index (χ0n) is 16.4. The first-order chi connectivity index (χ1) is 14.6. The van der Waals surface area contributed by atoms with Gasteiger partial charge in [-0.05, 0) is 43.3 Å². The van der Waals surface area contributed by atoms with Crippen molar-refractivity contribution in [3.8, 4) is 0 Å². The van der Waals surface area contributed by atoms with Gasteiger partial charge in [0.2, 0.25) is 0 Å². The average molecular weight is 415 g/mol. The van der Waals surface area contributed by atoms with Crippen molar-refractivity contribution in [2.24, 2.45) is 0 Å². The number of aromatic nitrogens is 2. The number of carbonyl (C=O) groups excluding carboxylic acids is 1. The molecule has 4 aromatic rings. The molecule has 30 heavy (non-hydrogen) atoms. The van der Waals surface area contributed by atoms with Gasteiger partial charge in [-0.15, -0.1) is 0 Å². The zero-order valence-corrected chi connectivity index (χ0v) is 17.1. The maximum atomic E-state index is 13.6. The number of rotatable bonds is 3. The van der Waals surface area contributed by atoms with Crippen LogP contribution >= 0.6 is 11.6 Å². The summed E-state index contributed by atoms with van der Waals surface area (Å²) in [4.78, 5) is 26.4. The van der Waals surface area contributed by atoms with Crippen LogP contribution in [0, 0.1) is 0 Å². The van der Waals surface area contributed by atoms with E-state index in [2.05, 4.69) is 4.98 Å². The van der Waals surface area contributed by atoms with Crippen LogP contribution in [0.1, 0.15) is 24.2 Å². The Bertz CT molecular complexity index is 1260. The van der Waals surface area contributed by atoms with E-state index in [4.69, 9.17) is 16.6 Å². The SMILES string of the molecule is CC(c1ccc2ccccc2n1)N1Cc2cccnc2N(c2cccc(Cl)c2)C1=O. The topological polar surface area (TPSA) is 49.3 Å². The van der Waals surface area contributed by atoms with Gasteiger partial charge >= 0.3 is 6.03 Å². The minimum absolute atomic E-state index is 0.147. The molecule has 1 aliphatic heterocycles. The second-order valence-electron chi connectivity index (χ2n) is 7.32. The summed E-state index contributed by atoms with van der Waals surface area (Å²) >= 11 is 6.21. The molecule has 0 N–H and O–H groups in total. The van der Waals surface area contributed by atoms with E-state index in [1.165, 1.54) is 0 Å². The number of carbonyl (C=O) groups is 1. The Morgan fingerprint density at radius 1 is 1.00 bits per heavy atom. The molecule has 0 fully saturated rings. The van der Waals surface area contributed by atoms with Crippen LogP contribution in [-0.4, -0.2) is 20.9 Å². The lowest BCUT2D eigenvalue weighted by Crippen LogP contribution is -2.46. The third kappa shape index (κ3) is 3.17. The third-order valence-corrected chi connectivity index (χ3v) is 5.67. The lowest BCUT2D eigenvalue weighted by molar-refractivity contribution is 0.179. The van der Waals surface area contributed by atoms with E-state index in [0.717, 1.165) is 22.2 Å². The quantitative estimate of drug-likeness (QED) is 0.406. The Labute approximate surface area is 179 Å². The number of benzene rings is 2. The summed E-state index contributed by atoms with van der Waals surface area (Å²) in [7, 11) is 0. The van der Waals surface area contributed by atoms with E-state index in [1.54, 1.807) is 23.2 Å². The van der Waals surface area contributed by atoms with Crippen LogP contribution in [0.2, 0.25) is 5.02 Å². The zero-order chi connectivity index (χ0) is 20.7. The maximum absolute atomic E-state index is 13.6. The number of amides is 2. The molecular formula is C24H19ClN4O. The maximum Gasteiger partial charge on any atom is 0.331 e. The van der Waals surface area contributed by atoms with Crippen LogP contribution in [0.3, 0.4) is 0 Å². The molecule has 0 bridgehead atoms. The van der Waals surface area contributed by atoms with Crippen molar-refractivity contribution in [1.29, 1.82) is 0 Å². The minimum Gasteiger partial charge on any atom is -0.311 e. The second-order valence-corrected chi connectivity index (χ2v) is 7.75. The van der Waals surface area contributed by atoms with Gasteiger partial charge in [0, 0.05) is 22.2 Å². The van der Waals surface area contributed by atoms with Crippen LogP contribution < -0.4 is 4.90 Å². The Morgan fingerprint density at radius 2 is 1.87 bits per heavy atom. The highest BCUT2D eigenvalue weighted by Crippen LogP contribution is 2.37. The first-order valence-corrected chi connectivity index (χ1v) is 10.2. The second kappa shape index (κ2) is 7.43. The van der Waals surface area contributed by atoms with Gasteiger partial charge in [-0.3, -0.25) is 4.98 Å². The van der Waals surface area contributed by atoms with E-state index in [1.807, 2.05) is 72.5 Å². The molecular weight excluding hydrogens is 396 g/mol. The fourth-order valence-corrected chi connectivity index (χ4v) is 4.03. The molecule has 5 rings (SSSR count). The molecule has 0 aliphatic carbocycles. The van der Waals surface area contributed by atoms with Crippen LogP contribution in [-0.2, 0) is 6.54 Å². The highest BCUT2D eigenvalue weighted by molar-refractivity contribution is 6.31. The molecule has 2 aromatic carbocycles. The van der Waals surface area contributed by atoms with Crippen LogP contribution in [0.15, 0.2) is 79.0 Å². The molecule has 1 atom stereocenters. The number of pyridine rings is 2. The van der Waals surface area contributed by atoms with Gasteiger partial charge in [0.15, 0.2) is 0 Å². The molecule has 1 unspecified atom stereocenters. The minimum atomic E-state index is -0.211. The van der Waals surface area contributed by atoms with E-state index < -0.39 is 0 Å². The molecule has 0 saturated heterocycles. The Morgan fingerprint density at radius 3 is 2.73 bits per heavy atom. The van der Waals surface area contributed by atoms with Gasteiger partial charge in [-0.1, -0.05) is 48.0 Å². The third-order valence-electron chi connectivity index (χ3n) is 5.44. The highest BCUT2D eigenvalue weighted by atomic mass is 35.5. The fraction of sp³-hybridized carbons (Fsp3) is 0.125. The van der Waals surface area contributed by atoms with Crippen molar-refractivity contribution in [3.63, 3.8) is 0 Å². The van der Waals surface area contributed by atoms with Gasteiger partial charge in [0.1, 0.15) is 5.82 Å². The lowest BCUT2D eigenvalue weighted by atomic mass is 10.1. The van der Waals surface area contributed by atoms with Gasteiger partial charge in [-0.2, -0.15) is 0 Å². The van der Waals surface area contributed by atoms with Crippen molar-refractivity contribution < 1.29 is 4.79 Å². The lowest BCUT2D eigenvalue weighted by Gasteiger charge is -2.39. The number of urea groups is 1. The summed E-state index contributed by atoms with van der Waals surface area (Å²) in [6, 6.07) is 22.8. The summed E-state index contributed by atoms with van der Waals surface area (Å²) in [5, 5.41) is 1.65. The van der Waals surface area contributed by atoms with Gasteiger partial charge in [0.25, 0.3) is 0 Å². The van der Waals surface area contributed by atoms with Crippen LogP contribution in [0.4, 0.5) is 16.3 Å². The number of para-hydroxylation sites is 1. The first-order valence-electron chi connectivity index (χ1n) is 9.78. The smallest absolute Gasteiger partial charge is 0.311 e. The van der Waals surface area contributed by atoms with Gasteiger partial charge in [0.05, 0.1) is 29.5 Å². The van der Waals surface area contributed by atoms with E-state index >= 15 is 0 Å². The Balaban J connectivity index is 1.57. The molecule has 2 aromatic heterocycles. The summed E-state index contributed by atoms with van der Waals surface area (Å²) in [6.45, 7) is 2.47. The summed E-state index contributed by atoms with van der Waals surface area (Å²) in [5.74, 6) is 0.639. The average Bonchev–Trinajstić information content (AvgIpc) is 2.78. The number of hydrogen-bond acceptors (Lipinski definition) is 3. The van der Waals surface area contributed by atoms with Crippen molar-refractivity contribution in [3.05, 3.63) is 95.3 Å². The Kier molecular flexibility index (Phi) is 4.60. The van der Waals surface area contributed by atoms with Crippen molar-refractivity contribution in [1.82, 2.24) is 14.9 Å². The van der Waals surface area contributed by atoms with Crippen molar-refractivity contribution in [2.45, 2.75) is 19.5 Å². The summed E-state index contributed by atoms with van der Waals surface area (Å²) in [5.41, 5.74) is 3.43. The molecule has 0 radical (unpaired) electrons. The largest absolute Gasteiger partial charge is 0.331 e. The molecule has 5 nitrogen and oxygen atoms in total. The predicted molar refractivity (Wildman–Crippen MR) is 119 cm³/mol. The molecule has 1 aliphatic rings. The fourth-order valence-electron chi connectivity index (χ4n) is 3.85. The molecule has 0 saturated carbocycles. The normalized spacial score (nSPS) is 14.7. The summed E-state index contributed by atoms with van der Waals surface area (Å²) < 4.78 is 0. The number of nitrogens with zero attached hydrogens (tertiary/aromatic N) is 4. The number of halogens is 1.